The zero-order valence-corrected chi connectivity index (χ0v) is 11.7. The fourth-order valence-electron chi connectivity index (χ4n) is 1.49. The molecule has 0 unspecified atom stereocenters. The van der Waals surface area contributed by atoms with E-state index in [-0.39, 0.29) is 5.82 Å². The van der Waals surface area contributed by atoms with Crippen LogP contribution in [-0.2, 0) is 0 Å². The average molecular weight is 326 g/mol. The summed E-state index contributed by atoms with van der Waals surface area (Å²) in [5, 5.41) is 0. The molecular weight excluding hydrogens is 313 g/mol. The first-order valence-corrected chi connectivity index (χ1v) is 6.51. The molecule has 0 aliphatic rings. The summed E-state index contributed by atoms with van der Waals surface area (Å²) in [6.45, 7) is 0.718. The lowest BCUT2D eigenvalue weighted by atomic mass is 10.3. The minimum Gasteiger partial charge on any atom is -0.490 e. The molecule has 0 spiro atoms. The number of ether oxygens (including phenoxy) is 2. The second kappa shape index (κ2) is 6.43. The van der Waals surface area contributed by atoms with Gasteiger partial charge in [0.25, 0.3) is 0 Å². The number of nitrogen functional groups attached to an aromatic ring is 1. The number of hydrogen-bond acceptors (Lipinski definition) is 3. The van der Waals surface area contributed by atoms with E-state index in [0.29, 0.717) is 34.9 Å². The lowest BCUT2D eigenvalue weighted by Crippen LogP contribution is -2.09. The topological polar surface area (TPSA) is 44.5 Å². The first-order valence-electron chi connectivity index (χ1n) is 5.72. The van der Waals surface area contributed by atoms with Gasteiger partial charge >= 0.3 is 0 Å². The molecule has 0 fully saturated rings. The number of rotatable bonds is 5. The van der Waals surface area contributed by atoms with Gasteiger partial charge in [-0.25, -0.2) is 4.39 Å². The Bertz CT molecular complexity index is 563. The van der Waals surface area contributed by atoms with Gasteiger partial charge in [0, 0.05) is 0 Å². The highest BCUT2D eigenvalue weighted by Crippen LogP contribution is 2.22. The standard InChI is InChI=1S/C14H13BrFNO2/c15-11-9-10(5-6-12(11)16)18-7-8-19-14-4-2-1-3-13(14)17/h1-6,9H,7-8,17H2. The van der Waals surface area contributed by atoms with Crippen molar-refractivity contribution in [3.05, 3.63) is 52.8 Å². The number of halogens is 2. The van der Waals surface area contributed by atoms with Gasteiger partial charge in [0.15, 0.2) is 0 Å². The minimum atomic E-state index is -0.319. The average Bonchev–Trinajstić information content (AvgIpc) is 2.40. The van der Waals surface area contributed by atoms with Crippen LogP contribution in [0.4, 0.5) is 10.1 Å². The van der Waals surface area contributed by atoms with Gasteiger partial charge < -0.3 is 15.2 Å². The predicted molar refractivity (Wildman–Crippen MR) is 75.9 cm³/mol. The molecule has 0 saturated carbocycles. The number of benzene rings is 2. The Kier molecular flexibility index (Phi) is 4.63. The van der Waals surface area contributed by atoms with E-state index >= 15 is 0 Å². The van der Waals surface area contributed by atoms with E-state index in [0.717, 1.165) is 0 Å². The van der Waals surface area contributed by atoms with Crippen LogP contribution in [0.3, 0.4) is 0 Å². The van der Waals surface area contributed by atoms with Gasteiger partial charge in [-0.3, -0.25) is 0 Å². The third kappa shape index (κ3) is 3.86. The summed E-state index contributed by atoms with van der Waals surface area (Å²) in [5.41, 5.74) is 6.33. The molecule has 19 heavy (non-hydrogen) atoms. The van der Waals surface area contributed by atoms with E-state index in [1.54, 1.807) is 24.3 Å². The molecule has 0 aliphatic heterocycles. The third-order valence-electron chi connectivity index (χ3n) is 2.42. The molecule has 0 saturated heterocycles. The lowest BCUT2D eigenvalue weighted by molar-refractivity contribution is 0.217. The van der Waals surface area contributed by atoms with Gasteiger partial charge in [-0.15, -0.1) is 0 Å². The van der Waals surface area contributed by atoms with Crippen molar-refractivity contribution in [3.63, 3.8) is 0 Å². The van der Waals surface area contributed by atoms with Gasteiger partial charge in [-0.1, -0.05) is 12.1 Å². The van der Waals surface area contributed by atoms with Crippen molar-refractivity contribution in [1.29, 1.82) is 0 Å². The Hall–Kier alpha value is -1.75. The summed E-state index contributed by atoms with van der Waals surface area (Å²) in [7, 11) is 0. The van der Waals surface area contributed by atoms with Crippen LogP contribution in [-0.4, -0.2) is 13.2 Å². The van der Waals surface area contributed by atoms with Gasteiger partial charge in [-0.2, -0.15) is 0 Å². The molecule has 2 rings (SSSR count). The molecule has 2 aromatic rings. The Labute approximate surface area is 119 Å². The van der Waals surface area contributed by atoms with Crippen LogP contribution in [0.5, 0.6) is 11.5 Å². The molecule has 0 amide bonds. The van der Waals surface area contributed by atoms with Crippen molar-refractivity contribution in [1.82, 2.24) is 0 Å². The molecule has 2 aromatic carbocycles. The summed E-state index contributed by atoms with van der Waals surface area (Å²) in [6.07, 6.45) is 0. The Balaban J connectivity index is 1.81. The molecular formula is C14H13BrFNO2. The van der Waals surface area contributed by atoms with Crippen molar-refractivity contribution in [2.45, 2.75) is 0 Å². The van der Waals surface area contributed by atoms with Crippen molar-refractivity contribution in [2.75, 3.05) is 18.9 Å². The summed E-state index contributed by atoms with van der Waals surface area (Å²) in [6, 6.07) is 11.7. The number of hydrogen-bond donors (Lipinski definition) is 1. The molecule has 100 valence electrons. The lowest BCUT2D eigenvalue weighted by Gasteiger charge is -2.10. The fourth-order valence-corrected chi connectivity index (χ4v) is 1.85. The zero-order valence-electron chi connectivity index (χ0n) is 10.1. The summed E-state index contributed by atoms with van der Waals surface area (Å²) in [4.78, 5) is 0. The molecule has 0 radical (unpaired) electrons. The van der Waals surface area contributed by atoms with Crippen LogP contribution < -0.4 is 15.2 Å². The minimum absolute atomic E-state index is 0.319. The molecule has 3 nitrogen and oxygen atoms in total. The highest BCUT2D eigenvalue weighted by molar-refractivity contribution is 9.10. The van der Waals surface area contributed by atoms with Crippen LogP contribution in [0.2, 0.25) is 0 Å². The first kappa shape index (κ1) is 13.7. The first-order chi connectivity index (χ1) is 9.16. The van der Waals surface area contributed by atoms with Gasteiger partial charge in [0.1, 0.15) is 30.5 Å². The van der Waals surface area contributed by atoms with Gasteiger partial charge in [-0.05, 0) is 46.3 Å². The fraction of sp³-hybridized carbons (Fsp3) is 0.143. The van der Waals surface area contributed by atoms with Crippen molar-refractivity contribution < 1.29 is 13.9 Å². The van der Waals surface area contributed by atoms with Crippen LogP contribution in [0.25, 0.3) is 0 Å². The van der Waals surface area contributed by atoms with Crippen LogP contribution >= 0.6 is 15.9 Å². The van der Waals surface area contributed by atoms with E-state index in [2.05, 4.69) is 15.9 Å². The molecule has 0 aliphatic carbocycles. The van der Waals surface area contributed by atoms with Crippen molar-refractivity contribution in [3.8, 4) is 11.5 Å². The Morgan fingerprint density at radius 3 is 2.53 bits per heavy atom. The van der Waals surface area contributed by atoms with E-state index in [4.69, 9.17) is 15.2 Å². The zero-order chi connectivity index (χ0) is 13.7. The van der Waals surface area contributed by atoms with E-state index < -0.39 is 0 Å². The smallest absolute Gasteiger partial charge is 0.142 e. The molecule has 5 heteroatoms. The Morgan fingerprint density at radius 1 is 1.05 bits per heavy atom. The van der Waals surface area contributed by atoms with Crippen LogP contribution in [0, 0.1) is 5.82 Å². The van der Waals surface area contributed by atoms with Crippen molar-refractivity contribution in [2.24, 2.45) is 0 Å². The molecule has 0 heterocycles. The van der Waals surface area contributed by atoms with Crippen molar-refractivity contribution >= 4 is 21.6 Å². The number of anilines is 1. The summed E-state index contributed by atoms with van der Waals surface area (Å²) < 4.78 is 24.3. The van der Waals surface area contributed by atoms with Gasteiger partial charge in [0.2, 0.25) is 0 Å². The SMILES string of the molecule is Nc1ccccc1OCCOc1ccc(F)c(Br)c1. The monoisotopic (exact) mass is 325 g/mol. The molecule has 0 bridgehead atoms. The number of para-hydroxylation sites is 2. The quantitative estimate of drug-likeness (QED) is 0.674. The summed E-state index contributed by atoms with van der Waals surface area (Å²) >= 11 is 3.10. The maximum absolute atomic E-state index is 13.0. The largest absolute Gasteiger partial charge is 0.490 e. The third-order valence-corrected chi connectivity index (χ3v) is 3.03. The highest BCUT2D eigenvalue weighted by Gasteiger charge is 2.02. The molecule has 2 N–H and O–H groups in total. The van der Waals surface area contributed by atoms with E-state index in [9.17, 15) is 4.39 Å². The summed E-state index contributed by atoms with van der Waals surface area (Å²) in [5.74, 6) is 0.893. The van der Waals surface area contributed by atoms with Crippen LogP contribution in [0.15, 0.2) is 46.9 Å². The molecule has 0 atom stereocenters. The van der Waals surface area contributed by atoms with E-state index in [1.165, 1.54) is 6.07 Å². The Morgan fingerprint density at radius 2 is 1.79 bits per heavy atom. The molecule has 0 aromatic heterocycles. The normalized spacial score (nSPS) is 10.2. The van der Waals surface area contributed by atoms with Gasteiger partial charge in [0.05, 0.1) is 10.2 Å². The second-order valence-electron chi connectivity index (χ2n) is 3.81. The predicted octanol–water partition coefficient (Wildman–Crippen LogP) is 3.63. The number of nitrogens with two attached hydrogens (primary N) is 1. The van der Waals surface area contributed by atoms with Crippen LogP contribution in [0.1, 0.15) is 0 Å². The maximum atomic E-state index is 13.0. The second-order valence-corrected chi connectivity index (χ2v) is 4.67. The van der Waals surface area contributed by atoms with E-state index in [1.807, 2.05) is 12.1 Å². The maximum Gasteiger partial charge on any atom is 0.142 e. The highest BCUT2D eigenvalue weighted by atomic mass is 79.9.